The lowest BCUT2D eigenvalue weighted by Gasteiger charge is -2.12. The molecule has 1 aliphatic heterocycles. The molecule has 1 saturated carbocycles. The van der Waals surface area contributed by atoms with Crippen molar-refractivity contribution in [3.8, 4) is 0 Å². The van der Waals surface area contributed by atoms with Crippen molar-refractivity contribution in [3.63, 3.8) is 0 Å². The van der Waals surface area contributed by atoms with Crippen molar-refractivity contribution < 1.29 is 4.52 Å². The van der Waals surface area contributed by atoms with Crippen LogP contribution in [0.4, 0.5) is 0 Å². The summed E-state index contributed by atoms with van der Waals surface area (Å²) in [6, 6.07) is 0.548. The second-order valence-electron chi connectivity index (χ2n) is 5.03. The summed E-state index contributed by atoms with van der Waals surface area (Å²) in [6.45, 7) is 1.14. The molecule has 0 radical (unpaired) electrons. The summed E-state index contributed by atoms with van der Waals surface area (Å²) in [7, 11) is 0. The van der Waals surface area contributed by atoms with E-state index in [2.05, 4.69) is 15.5 Å². The number of hydrogen-bond donors (Lipinski definition) is 1. The lowest BCUT2D eigenvalue weighted by atomic mass is 10.1. The van der Waals surface area contributed by atoms with Gasteiger partial charge in [-0.2, -0.15) is 4.98 Å². The van der Waals surface area contributed by atoms with Crippen LogP contribution >= 0.6 is 0 Å². The van der Waals surface area contributed by atoms with Crippen LogP contribution in [0.15, 0.2) is 4.52 Å². The van der Waals surface area contributed by atoms with Gasteiger partial charge in [-0.1, -0.05) is 18.0 Å². The Morgan fingerprint density at radius 3 is 3.00 bits per heavy atom. The van der Waals surface area contributed by atoms with E-state index < -0.39 is 0 Å². The standard InChI is InChI=1S/C12H19N3O/c1-2-4-10(13-7-3-1)8-11-14-12(16-15-11)9-5-6-9/h9-10,13H,1-8H2. The molecule has 1 aromatic heterocycles. The maximum atomic E-state index is 5.27. The van der Waals surface area contributed by atoms with Crippen molar-refractivity contribution >= 4 is 0 Å². The topological polar surface area (TPSA) is 51.0 Å². The van der Waals surface area contributed by atoms with Gasteiger partial charge in [-0.25, -0.2) is 0 Å². The average Bonchev–Trinajstić information content (AvgIpc) is 3.07. The first-order valence-corrected chi connectivity index (χ1v) is 6.47. The van der Waals surface area contributed by atoms with Crippen LogP contribution in [0.25, 0.3) is 0 Å². The van der Waals surface area contributed by atoms with Crippen LogP contribution in [0.2, 0.25) is 0 Å². The third-order valence-corrected chi connectivity index (χ3v) is 3.50. The molecule has 1 aromatic rings. The van der Waals surface area contributed by atoms with Gasteiger partial charge >= 0.3 is 0 Å². The van der Waals surface area contributed by atoms with Crippen molar-refractivity contribution in [2.24, 2.45) is 0 Å². The molecule has 1 N–H and O–H groups in total. The molecular formula is C12H19N3O. The SMILES string of the molecule is C1CCNC(Cc2noc(C3CC3)n2)CC1. The summed E-state index contributed by atoms with van der Waals surface area (Å²) in [5, 5.41) is 7.64. The van der Waals surface area contributed by atoms with Gasteiger partial charge in [0, 0.05) is 18.4 Å². The van der Waals surface area contributed by atoms with E-state index in [1.165, 1.54) is 38.5 Å². The highest BCUT2D eigenvalue weighted by Gasteiger charge is 2.29. The Morgan fingerprint density at radius 1 is 1.19 bits per heavy atom. The molecular weight excluding hydrogens is 202 g/mol. The van der Waals surface area contributed by atoms with Crippen LogP contribution in [-0.2, 0) is 6.42 Å². The quantitative estimate of drug-likeness (QED) is 0.848. The van der Waals surface area contributed by atoms with Gasteiger partial charge in [0.1, 0.15) is 0 Å². The number of rotatable bonds is 3. The minimum absolute atomic E-state index is 0.548. The third-order valence-electron chi connectivity index (χ3n) is 3.50. The summed E-state index contributed by atoms with van der Waals surface area (Å²) in [5.41, 5.74) is 0. The summed E-state index contributed by atoms with van der Waals surface area (Å²) < 4.78 is 5.27. The fourth-order valence-corrected chi connectivity index (χ4v) is 2.34. The molecule has 2 aliphatic rings. The lowest BCUT2D eigenvalue weighted by Crippen LogP contribution is -2.30. The molecule has 4 heteroatoms. The molecule has 88 valence electrons. The predicted octanol–water partition coefficient (Wildman–Crippen LogP) is 2.02. The number of aromatic nitrogens is 2. The molecule has 2 heterocycles. The smallest absolute Gasteiger partial charge is 0.229 e. The van der Waals surface area contributed by atoms with Crippen LogP contribution in [0.3, 0.4) is 0 Å². The predicted molar refractivity (Wildman–Crippen MR) is 60.2 cm³/mol. The molecule has 16 heavy (non-hydrogen) atoms. The minimum Gasteiger partial charge on any atom is -0.339 e. The van der Waals surface area contributed by atoms with E-state index in [0.717, 1.165) is 24.7 Å². The Balaban J connectivity index is 1.58. The molecule has 0 spiro atoms. The second-order valence-corrected chi connectivity index (χ2v) is 5.03. The molecule has 1 unspecified atom stereocenters. The summed E-state index contributed by atoms with van der Waals surface area (Å²) in [5.74, 6) is 2.33. The van der Waals surface area contributed by atoms with Crippen molar-refractivity contribution in [1.29, 1.82) is 0 Å². The highest BCUT2D eigenvalue weighted by molar-refractivity contribution is 5.02. The zero-order valence-electron chi connectivity index (χ0n) is 9.61. The van der Waals surface area contributed by atoms with Crippen molar-refractivity contribution in [2.45, 2.75) is 56.9 Å². The van der Waals surface area contributed by atoms with Gasteiger partial charge in [0.05, 0.1) is 0 Å². The van der Waals surface area contributed by atoms with Crippen LogP contribution in [0.1, 0.15) is 56.2 Å². The first-order chi connectivity index (χ1) is 7.92. The lowest BCUT2D eigenvalue weighted by molar-refractivity contribution is 0.370. The Bertz CT molecular complexity index is 338. The molecule has 3 rings (SSSR count). The second kappa shape index (κ2) is 4.53. The highest BCUT2D eigenvalue weighted by atomic mass is 16.5. The Kier molecular flexibility index (Phi) is 2.91. The molecule has 1 atom stereocenters. The number of nitrogens with zero attached hydrogens (tertiary/aromatic N) is 2. The first kappa shape index (κ1) is 10.3. The van der Waals surface area contributed by atoms with Gasteiger partial charge in [0.2, 0.25) is 5.89 Å². The van der Waals surface area contributed by atoms with Crippen LogP contribution in [0.5, 0.6) is 0 Å². The van der Waals surface area contributed by atoms with E-state index in [4.69, 9.17) is 4.52 Å². The van der Waals surface area contributed by atoms with E-state index >= 15 is 0 Å². The van der Waals surface area contributed by atoms with E-state index in [1.807, 2.05) is 0 Å². The van der Waals surface area contributed by atoms with Crippen LogP contribution in [-0.4, -0.2) is 22.7 Å². The Labute approximate surface area is 95.8 Å². The Morgan fingerprint density at radius 2 is 2.12 bits per heavy atom. The van der Waals surface area contributed by atoms with Crippen LogP contribution in [0, 0.1) is 0 Å². The van der Waals surface area contributed by atoms with Gasteiger partial charge in [0.25, 0.3) is 0 Å². The average molecular weight is 221 g/mol. The van der Waals surface area contributed by atoms with Gasteiger partial charge in [-0.15, -0.1) is 0 Å². The summed E-state index contributed by atoms with van der Waals surface area (Å²) in [4.78, 5) is 4.48. The zero-order valence-corrected chi connectivity index (χ0v) is 9.61. The van der Waals surface area contributed by atoms with Gasteiger partial charge in [-0.05, 0) is 32.2 Å². The first-order valence-electron chi connectivity index (χ1n) is 6.47. The molecule has 4 nitrogen and oxygen atoms in total. The fraction of sp³-hybridized carbons (Fsp3) is 0.833. The van der Waals surface area contributed by atoms with E-state index in [0.29, 0.717) is 12.0 Å². The van der Waals surface area contributed by atoms with Crippen molar-refractivity contribution in [2.75, 3.05) is 6.54 Å². The molecule has 0 bridgehead atoms. The van der Waals surface area contributed by atoms with Gasteiger partial charge in [-0.3, -0.25) is 0 Å². The molecule has 1 aliphatic carbocycles. The largest absolute Gasteiger partial charge is 0.339 e. The minimum atomic E-state index is 0.548. The van der Waals surface area contributed by atoms with E-state index in [9.17, 15) is 0 Å². The van der Waals surface area contributed by atoms with Gasteiger partial charge in [0.15, 0.2) is 5.82 Å². The Hall–Kier alpha value is -0.900. The number of hydrogen-bond acceptors (Lipinski definition) is 4. The molecule has 0 aromatic carbocycles. The van der Waals surface area contributed by atoms with Gasteiger partial charge < -0.3 is 9.84 Å². The fourth-order valence-electron chi connectivity index (χ4n) is 2.34. The maximum Gasteiger partial charge on any atom is 0.229 e. The molecule has 2 fully saturated rings. The zero-order chi connectivity index (χ0) is 10.8. The number of nitrogens with one attached hydrogen (secondary N) is 1. The highest BCUT2D eigenvalue weighted by Crippen LogP contribution is 2.38. The maximum absolute atomic E-state index is 5.27. The summed E-state index contributed by atoms with van der Waals surface area (Å²) in [6.07, 6.45) is 8.60. The van der Waals surface area contributed by atoms with Crippen LogP contribution < -0.4 is 5.32 Å². The van der Waals surface area contributed by atoms with Crippen molar-refractivity contribution in [3.05, 3.63) is 11.7 Å². The normalized spacial score (nSPS) is 26.6. The molecule has 0 amide bonds. The third kappa shape index (κ3) is 2.43. The summed E-state index contributed by atoms with van der Waals surface area (Å²) >= 11 is 0. The van der Waals surface area contributed by atoms with Crippen molar-refractivity contribution in [1.82, 2.24) is 15.5 Å². The van der Waals surface area contributed by atoms with E-state index in [-0.39, 0.29) is 0 Å². The van der Waals surface area contributed by atoms with E-state index in [1.54, 1.807) is 0 Å². The molecule has 1 saturated heterocycles. The monoisotopic (exact) mass is 221 g/mol.